The van der Waals surface area contributed by atoms with Gasteiger partial charge in [0, 0.05) is 0 Å². The third-order valence-electron chi connectivity index (χ3n) is 2.83. The van der Waals surface area contributed by atoms with Crippen LogP contribution in [-0.2, 0) is 0 Å². The van der Waals surface area contributed by atoms with Crippen LogP contribution in [0.15, 0.2) is 24.3 Å². The summed E-state index contributed by atoms with van der Waals surface area (Å²) in [5.41, 5.74) is 5.07. The summed E-state index contributed by atoms with van der Waals surface area (Å²) in [4.78, 5) is 12.0. The monoisotopic (exact) mass is 209 g/mol. The van der Waals surface area contributed by atoms with E-state index in [0.717, 1.165) is 0 Å². The van der Waals surface area contributed by atoms with E-state index in [9.17, 15) is 9.18 Å². The number of halogens is 1. The predicted molar refractivity (Wildman–Crippen MR) is 58.2 cm³/mol. The van der Waals surface area contributed by atoms with Gasteiger partial charge in [0.25, 0.3) is 0 Å². The van der Waals surface area contributed by atoms with Crippen molar-refractivity contribution in [3.05, 3.63) is 35.6 Å². The average molecular weight is 209 g/mol. The maximum Gasteiger partial charge on any atom is 0.185 e. The van der Waals surface area contributed by atoms with Crippen LogP contribution in [0.5, 0.6) is 0 Å². The molecule has 3 heteroatoms. The molecule has 0 unspecified atom stereocenters. The molecule has 0 aromatic heterocycles. The van der Waals surface area contributed by atoms with Crippen molar-refractivity contribution in [2.45, 2.75) is 32.2 Å². The molecule has 2 nitrogen and oxygen atoms in total. The second-order valence-electron chi connectivity index (χ2n) is 3.67. The number of carbonyl (C=O) groups is 1. The van der Waals surface area contributed by atoms with Crippen LogP contribution in [0.4, 0.5) is 4.39 Å². The molecule has 0 heterocycles. The summed E-state index contributed by atoms with van der Waals surface area (Å²) >= 11 is 0. The van der Waals surface area contributed by atoms with Crippen molar-refractivity contribution in [2.75, 3.05) is 0 Å². The van der Waals surface area contributed by atoms with Crippen molar-refractivity contribution in [3.63, 3.8) is 0 Å². The van der Waals surface area contributed by atoms with Crippen LogP contribution < -0.4 is 5.73 Å². The summed E-state index contributed by atoms with van der Waals surface area (Å²) in [7, 11) is 0. The lowest BCUT2D eigenvalue weighted by Crippen LogP contribution is -2.47. The van der Waals surface area contributed by atoms with Crippen molar-refractivity contribution in [1.82, 2.24) is 0 Å². The normalized spacial score (nSPS) is 11.5. The van der Waals surface area contributed by atoms with Crippen LogP contribution in [0.1, 0.15) is 37.0 Å². The van der Waals surface area contributed by atoms with Gasteiger partial charge in [-0.3, -0.25) is 4.79 Å². The lowest BCUT2D eigenvalue weighted by atomic mass is 9.85. The third-order valence-corrected chi connectivity index (χ3v) is 2.83. The molecule has 2 N–H and O–H groups in total. The molecule has 0 saturated carbocycles. The molecule has 0 aliphatic rings. The van der Waals surface area contributed by atoms with E-state index >= 15 is 0 Å². The fraction of sp³-hybridized carbons (Fsp3) is 0.417. The minimum atomic E-state index is -0.942. The van der Waals surface area contributed by atoms with E-state index in [2.05, 4.69) is 0 Å². The lowest BCUT2D eigenvalue weighted by Gasteiger charge is -2.24. The number of hydrogen-bond acceptors (Lipinski definition) is 2. The van der Waals surface area contributed by atoms with E-state index in [-0.39, 0.29) is 11.3 Å². The largest absolute Gasteiger partial charge is 0.319 e. The van der Waals surface area contributed by atoms with Crippen molar-refractivity contribution < 1.29 is 9.18 Å². The topological polar surface area (TPSA) is 43.1 Å². The summed E-state index contributed by atoms with van der Waals surface area (Å²) in [5.74, 6) is -0.815. The fourth-order valence-electron chi connectivity index (χ4n) is 1.48. The van der Waals surface area contributed by atoms with E-state index in [1.165, 1.54) is 12.1 Å². The molecule has 0 saturated heterocycles. The molecule has 0 aliphatic heterocycles. The Morgan fingerprint density at radius 2 is 1.87 bits per heavy atom. The number of ketones is 1. The molecule has 0 bridgehead atoms. The predicted octanol–water partition coefficient (Wildman–Crippen LogP) is 2.53. The first-order valence-corrected chi connectivity index (χ1v) is 5.13. The highest BCUT2D eigenvalue weighted by Gasteiger charge is 2.32. The van der Waals surface area contributed by atoms with Gasteiger partial charge in [-0.25, -0.2) is 4.39 Å². The first-order valence-electron chi connectivity index (χ1n) is 5.13. The lowest BCUT2D eigenvalue weighted by molar-refractivity contribution is 0.0875. The SMILES string of the molecule is CCC(N)(CC)C(=O)c1ccccc1F. The Hall–Kier alpha value is -1.22. The summed E-state index contributed by atoms with van der Waals surface area (Å²) in [5, 5.41) is 0. The minimum Gasteiger partial charge on any atom is -0.319 e. The van der Waals surface area contributed by atoms with Crippen molar-refractivity contribution >= 4 is 5.78 Å². The van der Waals surface area contributed by atoms with E-state index in [1.54, 1.807) is 12.1 Å². The molecular formula is C12H16FNO. The van der Waals surface area contributed by atoms with E-state index in [1.807, 2.05) is 13.8 Å². The molecule has 1 aromatic carbocycles. The minimum absolute atomic E-state index is 0.0868. The van der Waals surface area contributed by atoms with Crippen molar-refractivity contribution in [3.8, 4) is 0 Å². The summed E-state index contributed by atoms with van der Waals surface area (Å²) in [6.45, 7) is 3.67. The molecule has 0 amide bonds. The second kappa shape index (κ2) is 4.53. The highest BCUT2D eigenvalue weighted by molar-refractivity contribution is 6.03. The highest BCUT2D eigenvalue weighted by Crippen LogP contribution is 2.20. The van der Waals surface area contributed by atoms with Gasteiger partial charge in [-0.2, -0.15) is 0 Å². The van der Waals surface area contributed by atoms with Crippen LogP contribution in [0.3, 0.4) is 0 Å². The highest BCUT2D eigenvalue weighted by atomic mass is 19.1. The van der Waals surface area contributed by atoms with Crippen LogP contribution in [0.25, 0.3) is 0 Å². The average Bonchev–Trinajstić information content (AvgIpc) is 2.28. The zero-order valence-corrected chi connectivity index (χ0v) is 9.09. The number of benzene rings is 1. The van der Waals surface area contributed by atoms with Crippen LogP contribution in [0.2, 0.25) is 0 Å². The summed E-state index contributed by atoms with van der Waals surface area (Å²) in [6, 6.07) is 5.95. The number of hydrogen-bond donors (Lipinski definition) is 1. The van der Waals surface area contributed by atoms with Gasteiger partial charge in [0.15, 0.2) is 5.78 Å². The second-order valence-corrected chi connectivity index (χ2v) is 3.67. The van der Waals surface area contributed by atoms with Crippen LogP contribution >= 0.6 is 0 Å². The Labute approximate surface area is 89.3 Å². The standard InChI is InChI=1S/C12H16FNO/c1-3-12(14,4-2)11(15)9-7-5-6-8-10(9)13/h5-8H,3-4,14H2,1-2H3. The number of rotatable bonds is 4. The van der Waals surface area contributed by atoms with E-state index < -0.39 is 11.4 Å². The van der Waals surface area contributed by atoms with Crippen molar-refractivity contribution in [2.24, 2.45) is 5.73 Å². The maximum absolute atomic E-state index is 13.4. The molecule has 0 spiro atoms. The maximum atomic E-state index is 13.4. The summed E-state index contributed by atoms with van der Waals surface area (Å²) < 4.78 is 13.4. The molecule has 1 rings (SSSR count). The number of carbonyl (C=O) groups excluding carboxylic acids is 1. The molecule has 82 valence electrons. The molecule has 1 aromatic rings. The molecule has 0 radical (unpaired) electrons. The molecule has 0 aliphatic carbocycles. The zero-order chi connectivity index (χ0) is 11.5. The molecular weight excluding hydrogens is 193 g/mol. The van der Waals surface area contributed by atoms with Gasteiger partial charge in [-0.1, -0.05) is 26.0 Å². The fourth-order valence-corrected chi connectivity index (χ4v) is 1.48. The van der Waals surface area contributed by atoms with Crippen molar-refractivity contribution in [1.29, 1.82) is 0 Å². The Kier molecular flexibility index (Phi) is 3.58. The Morgan fingerprint density at radius 3 is 2.33 bits per heavy atom. The van der Waals surface area contributed by atoms with Crippen LogP contribution in [-0.4, -0.2) is 11.3 Å². The first kappa shape index (κ1) is 11.9. The van der Waals surface area contributed by atoms with Gasteiger partial charge in [-0.05, 0) is 25.0 Å². The van der Waals surface area contributed by atoms with Gasteiger partial charge < -0.3 is 5.73 Å². The van der Waals surface area contributed by atoms with Crippen LogP contribution in [0, 0.1) is 5.82 Å². The zero-order valence-electron chi connectivity index (χ0n) is 9.09. The summed E-state index contributed by atoms with van der Waals surface area (Å²) in [6.07, 6.45) is 1.02. The number of nitrogens with two attached hydrogens (primary N) is 1. The van der Waals surface area contributed by atoms with Gasteiger partial charge in [0.05, 0.1) is 11.1 Å². The Morgan fingerprint density at radius 1 is 1.33 bits per heavy atom. The molecule has 0 atom stereocenters. The Balaban J connectivity index is 3.09. The van der Waals surface area contributed by atoms with Gasteiger partial charge in [-0.15, -0.1) is 0 Å². The van der Waals surface area contributed by atoms with Gasteiger partial charge in [0.2, 0.25) is 0 Å². The third kappa shape index (κ3) is 2.23. The van der Waals surface area contributed by atoms with E-state index in [4.69, 9.17) is 5.73 Å². The number of Topliss-reactive ketones (excluding diaryl/α,β-unsaturated/α-hetero) is 1. The van der Waals surface area contributed by atoms with Gasteiger partial charge in [0.1, 0.15) is 5.82 Å². The molecule has 15 heavy (non-hydrogen) atoms. The molecule has 0 fully saturated rings. The quantitative estimate of drug-likeness (QED) is 0.774. The van der Waals surface area contributed by atoms with Gasteiger partial charge >= 0.3 is 0 Å². The van der Waals surface area contributed by atoms with E-state index in [0.29, 0.717) is 12.8 Å². The Bertz CT molecular complexity index is 358. The first-order chi connectivity index (χ1) is 7.05. The smallest absolute Gasteiger partial charge is 0.185 e.